The molecule has 3 saturated carbocycles. The van der Waals surface area contributed by atoms with Crippen LogP contribution < -0.4 is 0 Å². The third kappa shape index (κ3) is 2.65. The SMILES string of the molecule is CC(=O)OCC(=O)[C@@]1(O)[C@H](C)C[C@@H]2[C@@H]3CCC4=CC(=O)C=C[C@]4(C)[C@@]3(F)[C@@H](O)C[C@@]21C. The fourth-order valence-electron chi connectivity index (χ4n) is 7.42. The van der Waals surface area contributed by atoms with E-state index in [2.05, 4.69) is 0 Å². The summed E-state index contributed by atoms with van der Waals surface area (Å²) in [6.07, 6.45) is 4.29. The Kier molecular flexibility index (Phi) is 4.91. The fraction of sp³-hybridized carbons (Fsp3) is 0.708. The van der Waals surface area contributed by atoms with Crippen molar-refractivity contribution in [1.29, 1.82) is 0 Å². The van der Waals surface area contributed by atoms with Gasteiger partial charge in [-0.3, -0.25) is 14.4 Å². The Labute approximate surface area is 181 Å². The molecule has 0 heterocycles. The van der Waals surface area contributed by atoms with Crippen LogP contribution in [0, 0.1) is 28.6 Å². The average molecular weight is 435 g/mol. The number of alkyl halides is 1. The number of allylic oxidation sites excluding steroid dienone is 4. The van der Waals surface area contributed by atoms with Gasteiger partial charge in [0, 0.05) is 23.7 Å². The quantitative estimate of drug-likeness (QED) is 0.662. The lowest BCUT2D eigenvalue weighted by atomic mass is 9.44. The van der Waals surface area contributed by atoms with Crippen LogP contribution in [0.5, 0.6) is 0 Å². The summed E-state index contributed by atoms with van der Waals surface area (Å²) in [5.74, 6) is -2.80. The minimum Gasteiger partial charge on any atom is -0.458 e. The number of carbonyl (C=O) groups excluding carboxylic acids is 3. The average Bonchev–Trinajstić information content (AvgIpc) is 2.89. The van der Waals surface area contributed by atoms with Crippen LogP contribution in [0.1, 0.15) is 53.4 Å². The summed E-state index contributed by atoms with van der Waals surface area (Å²) in [6, 6.07) is 0. The molecule has 0 aromatic rings. The fourth-order valence-corrected chi connectivity index (χ4v) is 7.42. The van der Waals surface area contributed by atoms with Crippen molar-refractivity contribution in [3.05, 3.63) is 23.8 Å². The molecule has 0 aromatic heterocycles. The van der Waals surface area contributed by atoms with E-state index < -0.39 is 58.4 Å². The highest BCUT2D eigenvalue weighted by Gasteiger charge is 2.75. The smallest absolute Gasteiger partial charge is 0.303 e. The summed E-state index contributed by atoms with van der Waals surface area (Å²) in [6.45, 7) is 5.89. The number of hydrogen-bond donors (Lipinski definition) is 2. The minimum absolute atomic E-state index is 0.0953. The van der Waals surface area contributed by atoms with Crippen molar-refractivity contribution in [3.8, 4) is 0 Å². The van der Waals surface area contributed by atoms with Crippen molar-refractivity contribution in [3.63, 3.8) is 0 Å². The maximum absolute atomic E-state index is 17.0. The lowest BCUT2D eigenvalue weighted by Crippen LogP contribution is -2.69. The first-order valence-electron chi connectivity index (χ1n) is 11.0. The molecule has 8 atom stereocenters. The zero-order valence-electron chi connectivity index (χ0n) is 18.5. The van der Waals surface area contributed by atoms with Gasteiger partial charge in [0.1, 0.15) is 5.60 Å². The summed E-state index contributed by atoms with van der Waals surface area (Å²) in [4.78, 5) is 36.2. The molecule has 6 nitrogen and oxygen atoms in total. The van der Waals surface area contributed by atoms with E-state index in [0.717, 1.165) is 0 Å². The lowest BCUT2D eigenvalue weighted by Gasteiger charge is -2.62. The molecule has 0 spiro atoms. The summed E-state index contributed by atoms with van der Waals surface area (Å²) in [5.41, 5.74) is -5.33. The van der Waals surface area contributed by atoms with E-state index in [9.17, 15) is 24.6 Å². The number of hydrogen-bond acceptors (Lipinski definition) is 6. The molecule has 0 amide bonds. The second-order valence-electron chi connectivity index (χ2n) is 10.4. The van der Waals surface area contributed by atoms with Crippen LogP contribution in [0.2, 0.25) is 0 Å². The molecular formula is C24H31FO6. The normalized spacial score (nSPS) is 48.4. The molecule has 3 fully saturated rings. The molecule has 0 unspecified atom stereocenters. The van der Waals surface area contributed by atoms with Crippen LogP contribution in [-0.2, 0) is 19.1 Å². The highest BCUT2D eigenvalue weighted by molar-refractivity contribution is 6.01. The number of fused-ring (bicyclic) bond motifs is 5. The first-order valence-corrected chi connectivity index (χ1v) is 11.0. The third-order valence-electron chi connectivity index (χ3n) is 9.05. The van der Waals surface area contributed by atoms with Crippen LogP contribution in [0.4, 0.5) is 4.39 Å². The van der Waals surface area contributed by atoms with Crippen molar-refractivity contribution in [2.75, 3.05) is 6.61 Å². The van der Waals surface area contributed by atoms with Gasteiger partial charge in [-0.05, 0) is 56.6 Å². The maximum Gasteiger partial charge on any atom is 0.303 e. The van der Waals surface area contributed by atoms with E-state index in [1.807, 2.05) is 0 Å². The zero-order valence-corrected chi connectivity index (χ0v) is 18.5. The van der Waals surface area contributed by atoms with E-state index >= 15 is 4.39 Å². The van der Waals surface area contributed by atoms with Crippen molar-refractivity contribution in [2.45, 2.75) is 70.8 Å². The van der Waals surface area contributed by atoms with Crippen molar-refractivity contribution >= 4 is 17.5 Å². The Morgan fingerprint density at radius 3 is 2.61 bits per heavy atom. The number of ketones is 2. The number of esters is 1. The van der Waals surface area contributed by atoms with Gasteiger partial charge >= 0.3 is 5.97 Å². The second kappa shape index (κ2) is 6.82. The summed E-state index contributed by atoms with van der Waals surface area (Å²) in [7, 11) is 0. The van der Waals surface area contributed by atoms with Crippen molar-refractivity contribution < 1.29 is 33.7 Å². The second-order valence-corrected chi connectivity index (χ2v) is 10.4. The van der Waals surface area contributed by atoms with E-state index in [1.165, 1.54) is 19.1 Å². The molecule has 31 heavy (non-hydrogen) atoms. The largest absolute Gasteiger partial charge is 0.458 e. The van der Waals surface area contributed by atoms with Gasteiger partial charge in [0.05, 0.1) is 6.10 Å². The molecule has 4 aliphatic carbocycles. The first kappa shape index (κ1) is 22.3. The zero-order chi connectivity index (χ0) is 23.0. The summed E-state index contributed by atoms with van der Waals surface area (Å²) >= 11 is 0. The number of aliphatic hydroxyl groups is 2. The standard InChI is InChI=1S/C24H31FO6/c1-13-9-18-17-6-5-15-10-16(27)7-8-21(15,3)23(17,25)19(28)11-22(18,4)24(13,30)20(29)12-31-14(2)26/h7-8,10,13,17-19,28,30H,5-6,9,11-12H2,1-4H3/t13-,17+,18-,19+,21+,22+,23+,24+/m1/s1. The highest BCUT2D eigenvalue weighted by atomic mass is 19.1. The Balaban J connectivity index is 1.76. The number of rotatable bonds is 3. The van der Waals surface area contributed by atoms with Crippen LogP contribution in [-0.4, -0.2) is 51.7 Å². The number of carbonyl (C=O) groups is 3. The van der Waals surface area contributed by atoms with Gasteiger partial charge in [0.25, 0.3) is 0 Å². The molecule has 170 valence electrons. The minimum atomic E-state index is -2.01. The molecule has 2 N–H and O–H groups in total. The number of halogens is 1. The molecule has 7 heteroatoms. The number of ether oxygens (including phenoxy) is 1. The van der Waals surface area contributed by atoms with E-state index in [1.54, 1.807) is 26.8 Å². The monoisotopic (exact) mass is 434 g/mol. The van der Waals surface area contributed by atoms with Crippen LogP contribution in [0.3, 0.4) is 0 Å². The van der Waals surface area contributed by atoms with Crippen molar-refractivity contribution in [2.24, 2.45) is 28.6 Å². The van der Waals surface area contributed by atoms with Crippen LogP contribution in [0.15, 0.2) is 23.8 Å². The predicted molar refractivity (Wildman–Crippen MR) is 109 cm³/mol. The van der Waals surface area contributed by atoms with Gasteiger partial charge in [-0.15, -0.1) is 0 Å². The third-order valence-corrected chi connectivity index (χ3v) is 9.05. The van der Waals surface area contributed by atoms with Gasteiger partial charge in [-0.2, -0.15) is 0 Å². The number of aliphatic hydroxyl groups excluding tert-OH is 1. The molecule has 0 radical (unpaired) electrons. The molecule has 0 saturated heterocycles. The Hall–Kier alpha value is -1.86. The molecule has 0 aromatic carbocycles. The van der Waals surface area contributed by atoms with Gasteiger partial charge in [0.2, 0.25) is 5.78 Å². The molecule has 0 bridgehead atoms. The van der Waals surface area contributed by atoms with E-state index in [-0.39, 0.29) is 18.1 Å². The van der Waals surface area contributed by atoms with Crippen LogP contribution >= 0.6 is 0 Å². The van der Waals surface area contributed by atoms with Gasteiger partial charge in [-0.1, -0.05) is 25.5 Å². The van der Waals surface area contributed by atoms with E-state index in [4.69, 9.17) is 4.74 Å². The number of Topliss-reactive ketones (excluding diaryl/α,β-unsaturated/α-hetero) is 1. The van der Waals surface area contributed by atoms with Gasteiger partial charge in [0.15, 0.2) is 18.1 Å². The lowest BCUT2D eigenvalue weighted by molar-refractivity contribution is -0.219. The molecule has 4 aliphatic rings. The van der Waals surface area contributed by atoms with Gasteiger partial charge in [-0.25, -0.2) is 4.39 Å². The first-order chi connectivity index (χ1) is 14.3. The maximum atomic E-state index is 17.0. The topological polar surface area (TPSA) is 101 Å². The van der Waals surface area contributed by atoms with Crippen molar-refractivity contribution in [1.82, 2.24) is 0 Å². The Bertz CT molecular complexity index is 910. The summed E-state index contributed by atoms with van der Waals surface area (Å²) in [5, 5.41) is 22.9. The molecular weight excluding hydrogens is 403 g/mol. The van der Waals surface area contributed by atoms with E-state index in [0.29, 0.717) is 24.8 Å². The Morgan fingerprint density at radius 2 is 1.97 bits per heavy atom. The molecule has 0 aliphatic heterocycles. The summed E-state index contributed by atoms with van der Waals surface area (Å²) < 4.78 is 21.9. The Morgan fingerprint density at radius 1 is 1.29 bits per heavy atom. The highest BCUT2D eigenvalue weighted by Crippen LogP contribution is 2.70. The predicted octanol–water partition coefficient (Wildman–Crippen LogP) is 2.47. The van der Waals surface area contributed by atoms with Crippen LogP contribution in [0.25, 0.3) is 0 Å². The van der Waals surface area contributed by atoms with Gasteiger partial charge < -0.3 is 14.9 Å². The molecule has 4 rings (SSSR count).